The van der Waals surface area contributed by atoms with Crippen molar-refractivity contribution < 1.29 is 8.42 Å². The second-order valence-electron chi connectivity index (χ2n) is 5.30. The average molecular weight is 283 g/mol. The van der Waals surface area contributed by atoms with Gasteiger partial charge in [-0.2, -0.15) is 0 Å². The molecule has 1 fully saturated rings. The third-order valence-corrected chi connectivity index (χ3v) is 5.60. The Morgan fingerprint density at radius 1 is 1.42 bits per heavy atom. The highest BCUT2D eigenvalue weighted by Gasteiger charge is 2.33. The van der Waals surface area contributed by atoms with Gasteiger partial charge in [-0.15, -0.1) is 0 Å². The molecule has 3 N–H and O–H groups in total. The number of nitrogens with two attached hydrogens (primary N) is 1. The normalized spacial score (nSPS) is 18.6. The topological polar surface area (TPSA) is 85.1 Å². The monoisotopic (exact) mass is 283 g/mol. The lowest BCUT2D eigenvalue weighted by atomic mass is 9.84. The van der Waals surface area contributed by atoms with Crippen molar-refractivity contribution in [1.29, 1.82) is 0 Å². The van der Waals surface area contributed by atoms with Crippen LogP contribution < -0.4 is 10.5 Å². The number of hydrogen-bond acceptors (Lipinski definition) is 4. The van der Waals surface area contributed by atoms with Gasteiger partial charge in [0.25, 0.3) is 0 Å². The highest BCUT2D eigenvalue weighted by molar-refractivity contribution is 7.89. The van der Waals surface area contributed by atoms with Gasteiger partial charge in [-0.05, 0) is 30.7 Å². The molecule has 6 heteroatoms. The first-order chi connectivity index (χ1) is 8.99. The summed E-state index contributed by atoms with van der Waals surface area (Å²) >= 11 is 0. The predicted octanol–water partition coefficient (Wildman–Crippen LogP) is 1.91. The van der Waals surface area contributed by atoms with Crippen molar-refractivity contribution in [3.8, 4) is 0 Å². The third kappa shape index (κ3) is 3.06. The number of nitrogens with zero attached hydrogens (tertiary/aromatic N) is 1. The number of anilines is 1. The quantitative estimate of drug-likeness (QED) is 0.864. The molecular formula is C13H21N3O2S. The molecule has 0 spiro atoms. The van der Waals surface area contributed by atoms with E-state index in [4.69, 9.17) is 5.73 Å². The summed E-state index contributed by atoms with van der Waals surface area (Å²) < 4.78 is 27.2. The lowest BCUT2D eigenvalue weighted by Crippen LogP contribution is -2.35. The molecule has 0 bridgehead atoms. The Morgan fingerprint density at radius 2 is 2.11 bits per heavy atom. The Hall–Kier alpha value is -1.14. The van der Waals surface area contributed by atoms with Crippen LogP contribution in [0.3, 0.4) is 0 Å². The maximum Gasteiger partial charge on any atom is 0.244 e. The van der Waals surface area contributed by atoms with E-state index in [1.54, 1.807) is 0 Å². The zero-order valence-electron chi connectivity index (χ0n) is 11.2. The summed E-state index contributed by atoms with van der Waals surface area (Å²) in [5.74, 6) is 0. The Kier molecular flexibility index (Phi) is 4.10. The number of rotatable bonds is 5. The van der Waals surface area contributed by atoms with Crippen LogP contribution >= 0.6 is 0 Å². The minimum Gasteiger partial charge on any atom is -0.398 e. The highest BCUT2D eigenvalue weighted by Crippen LogP contribution is 2.40. The lowest BCUT2D eigenvalue weighted by Gasteiger charge is -2.27. The summed E-state index contributed by atoms with van der Waals surface area (Å²) in [7, 11) is -3.56. The molecule has 0 unspecified atom stereocenters. The van der Waals surface area contributed by atoms with E-state index in [1.165, 1.54) is 31.3 Å². The van der Waals surface area contributed by atoms with E-state index < -0.39 is 10.0 Å². The minimum absolute atomic E-state index is 0.0688. The fraction of sp³-hybridized carbons (Fsp3) is 0.615. The zero-order valence-corrected chi connectivity index (χ0v) is 12.0. The van der Waals surface area contributed by atoms with E-state index in [1.807, 2.05) is 0 Å². The summed E-state index contributed by atoms with van der Waals surface area (Å²) in [5, 5.41) is 0. The number of pyridine rings is 1. The first-order valence-corrected chi connectivity index (χ1v) is 8.17. The van der Waals surface area contributed by atoms with Gasteiger partial charge in [0.15, 0.2) is 0 Å². The van der Waals surface area contributed by atoms with Gasteiger partial charge in [0.05, 0.1) is 5.69 Å². The second kappa shape index (κ2) is 5.46. The number of nitrogen functional groups attached to an aromatic ring is 1. The molecule has 1 aromatic heterocycles. The lowest BCUT2D eigenvalue weighted by molar-refractivity contribution is 0.285. The Morgan fingerprint density at radius 3 is 2.68 bits per heavy atom. The van der Waals surface area contributed by atoms with Gasteiger partial charge in [0.1, 0.15) is 4.90 Å². The maximum absolute atomic E-state index is 12.2. The first kappa shape index (κ1) is 14.3. The molecule has 1 saturated carbocycles. The van der Waals surface area contributed by atoms with Crippen LogP contribution in [0.4, 0.5) is 5.69 Å². The molecule has 1 aromatic rings. The van der Waals surface area contributed by atoms with Crippen molar-refractivity contribution in [2.24, 2.45) is 5.41 Å². The van der Waals surface area contributed by atoms with Gasteiger partial charge < -0.3 is 5.73 Å². The Bertz CT molecular complexity index is 537. The van der Waals surface area contributed by atoms with Crippen LogP contribution in [0, 0.1) is 5.41 Å². The largest absolute Gasteiger partial charge is 0.398 e. The van der Waals surface area contributed by atoms with Crippen LogP contribution in [0.5, 0.6) is 0 Å². The SMILES string of the molecule is CCC1(CNS(=O)(=O)c2cnccc2N)CCCC1. The zero-order chi connectivity index (χ0) is 13.9. The molecule has 0 aromatic carbocycles. The van der Waals surface area contributed by atoms with E-state index in [-0.39, 0.29) is 16.0 Å². The third-order valence-electron chi connectivity index (χ3n) is 4.16. The van der Waals surface area contributed by atoms with Gasteiger partial charge >= 0.3 is 0 Å². The van der Waals surface area contributed by atoms with Gasteiger partial charge in [-0.25, -0.2) is 13.1 Å². The van der Waals surface area contributed by atoms with Gasteiger partial charge in [0, 0.05) is 18.9 Å². The van der Waals surface area contributed by atoms with E-state index >= 15 is 0 Å². The average Bonchev–Trinajstić information content (AvgIpc) is 2.86. The fourth-order valence-corrected chi connectivity index (χ4v) is 3.95. The standard InChI is InChI=1S/C13H21N3O2S/c1-2-13(6-3-4-7-13)10-16-19(17,18)12-9-15-8-5-11(12)14/h5,8-9,16H,2-4,6-7,10H2,1H3,(H2,14,15). The molecule has 5 nitrogen and oxygen atoms in total. The number of sulfonamides is 1. The molecule has 0 aliphatic heterocycles. The summed E-state index contributed by atoms with van der Waals surface area (Å²) in [5.41, 5.74) is 6.05. The number of nitrogens with one attached hydrogen (secondary N) is 1. The summed E-state index contributed by atoms with van der Waals surface area (Å²) in [6.45, 7) is 2.61. The highest BCUT2D eigenvalue weighted by atomic mass is 32.2. The summed E-state index contributed by atoms with van der Waals surface area (Å²) in [6.07, 6.45) is 8.33. The molecule has 1 aliphatic rings. The molecule has 2 rings (SSSR count). The van der Waals surface area contributed by atoms with Gasteiger partial charge in [-0.3, -0.25) is 4.98 Å². The number of hydrogen-bond donors (Lipinski definition) is 2. The molecule has 19 heavy (non-hydrogen) atoms. The molecular weight excluding hydrogens is 262 g/mol. The summed E-state index contributed by atoms with van der Waals surface area (Å²) in [6, 6.07) is 1.50. The van der Waals surface area contributed by atoms with Gasteiger partial charge in [0.2, 0.25) is 10.0 Å². The van der Waals surface area contributed by atoms with Crippen LogP contribution in [-0.4, -0.2) is 19.9 Å². The molecule has 1 aliphatic carbocycles. The van der Waals surface area contributed by atoms with Crippen molar-refractivity contribution in [3.63, 3.8) is 0 Å². The van der Waals surface area contributed by atoms with Crippen LogP contribution in [0.1, 0.15) is 39.0 Å². The molecule has 106 valence electrons. The van der Waals surface area contributed by atoms with Crippen LogP contribution in [0.15, 0.2) is 23.4 Å². The second-order valence-corrected chi connectivity index (χ2v) is 7.03. The maximum atomic E-state index is 12.2. The Labute approximate surface area is 114 Å². The minimum atomic E-state index is -3.56. The molecule has 0 amide bonds. The molecule has 0 atom stereocenters. The molecule has 0 saturated heterocycles. The van der Waals surface area contributed by atoms with Crippen LogP contribution in [0.2, 0.25) is 0 Å². The molecule has 1 heterocycles. The van der Waals surface area contributed by atoms with E-state index in [2.05, 4.69) is 16.6 Å². The van der Waals surface area contributed by atoms with Crippen molar-refractivity contribution in [1.82, 2.24) is 9.71 Å². The fourth-order valence-electron chi connectivity index (χ4n) is 2.72. The van der Waals surface area contributed by atoms with E-state index in [9.17, 15) is 8.42 Å². The predicted molar refractivity (Wildman–Crippen MR) is 75.0 cm³/mol. The van der Waals surface area contributed by atoms with Crippen molar-refractivity contribution in [3.05, 3.63) is 18.5 Å². The summed E-state index contributed by atoms with van der Waals surface area (Å²) in [4.78, 5) is 3.90. The first-order valence-electron chi connectivity index (χ1n) is 6.68. The van der Waals surface area contributed by atoms with Crippen molar-refractivity contribution in [2.75, 3.05) is 12.3 Å². The van der Waals surface area contributed by atoms with Crippen molar-refractivity contribution >= 4 is 15.7 Å². The van der Waals surface area contributed by atoms with E-state index in [0.717, 1.165) is 19.3 Å². The number of aromatic nitrogens is 1. The van der Waals surface area contributed by atoms with Crippen molar-refractivity contribution in [2.45, 2.75) is 43.9 Å². The molecule has 0 radical (unpaired) electrons. The van der Waals surface area contributed by atoms with E-state index in [0.29, 0.717) is 6.54 Å². The van der Waals surface area contributed by atoms with Crippen LogP contribution in [0.25, 0.3) is 0 Å². The smallest absolute Gasteiger partial charge is 0.244 e. The van der Waals surface area contributed by atoms with Crippen LogP contribution in [-0.2, 0) is 10.0 Å². The Balaban J connectivity index is 2.12. The van der Waals surface area contributed by atoms with Gasteiger partial charge in [-0.1, -0.05) is 19.8 Å².